The Morgan fingerprint density at radius 1 is 1.10 bits per heavy atom. The summed E-state index contributed by atoms with van der Waals surface area (Å²) >= 11 is 1.56. The minimum Gasteiger partial charge on any atom is -0.464 e. The predicted molar refractivity (Wildman–Crippen MR) is 102 cm³/mol. The molecule has 29 heavy (non-hydrogen) atoms. The van der Waals surface area contributed by atoms with Gasteiger partial charge in [0.05, 0.1) is 11.8 Å². The van der Waals surface area contributed by atoms with E-state index >= 15 is 0 Å². The fourth-order valence-corrected chi connectivity index (χ4v) is 3.41. The number of rotatable bonds is 6. The number of aryl methyl sites for hydroxylation is 1. The topological polar surface area (TPSA) is 48.7 Å². The van der Waals surface area contributed by atoms with Crippen molar-refractivity contribution < 1.29 is 32.2 Å². The van der Waals surface area contributed by atoms with Crippen LogP contribution < -0.4 is 4.89 Å². The summed E-state index contributed by atoms with van der Waals surface area (Å²) in [6.45, 7) is 3.09. The van der Waals surface area contributed by atoms with Gasteiger partial charge in [-0.05, 0) is 48.9 Å². The summed E-state index contributed by atoms with van der Waals surface area (Å²) in [5, 5.41) is 0. The maximum atomic E-state index is 12.7. The van der Waals surface area contributed by atoms with E-state index in [9.17, 15) is 18.0 Å². The van der Waals surface area contributed by atoms with Gasteiger partial charge >= 0.3 is 12.1 Å². The van der Waals surface area contributed by atoms with Crippen LogP contribution in [0.3, 0.4) is 0 Å². The second-order valence-corrected chi connectivity index (χ2v) is 7.32. The lowest BCUT2D eigenvalue weighted by atomic mass is 10.1. The predicted octanol–water partition coefficient (Wildman–Crippen LogP) is 6.42. The lowest BCUT2D eigenvalue weighted by Gasteiger charge is -2.07. The molecule has 0 aliphatic carbocycles. The largest absolute Gasteiger partial charge is 0.464 e. The molecule has 2 aromatic carbocycles. The monoisotopic (exact) mass is 422 g/mol. The molecule has 8 heteroatoms. The first-order valence-electron chi connectivity index (χ1n) is 8.56. The maximum absolute atomic E-state index is 12.7. The molecule has 3 aromatic rings. The molecule has 0 saturated carbocycles. The van der Waals surface area contributed by atoms with Gasteiger partial charge in [-0.2, -0.15) is 13.2 Å². The number of furan rings is 1. The van der Waals surface area contributed by atoms with Crippen LogP contribution in [-0.4, -0.2) is 5.97 Å². The molecule has 0 amide bonds. The summed E-state index contributed by atoms with van der Waals surface area (Å²) in [6, 6.07) is 12.1. The first-order chi connectivity index (χ1) is 13.7. The molecule has 0 radical (unpaired) electrons. The zero-order valence-electron chi connectivity index (χ0n) is 15.6. The minimum atomic E-state index is -4.36. The van der Waals surface area contributed by atoms with E-state index in [1.54, 1.807) is 30.2 Å². The molecule has 0 fully saturated rings. The highest BCUT2D eigenvalue weighted by Gasteiger charge is 2.30. The van der Waals surface area contributed by atoms with Crippen molar-refractivity contribution in [2.24, 2.45) is 0 Å². The lowest BCUT2D eigenvalue weighted by Crippen LogP contribution is -2.03. The third-order valence-corrected chi connectivity index (χ3v) is 5.02. The van der Waals surface area contributed by atoms with Crippen molar-refractivity contribution in [2.75, 3.05) is 0 Å². The molecule has 0 N–H and O–H groups in total. The van der Waals surface area contributed by atoms with E-state index in [0.29, 0.717) is 22.8 Å². The van der Waals surface area contributed by atoms with Gasteiger partial charge in [0, 0.05) is 28.7 Å². The SMILES string of the molecule is CC(=O)OOc1ccc(SCc2coc(-c3ccc(C(F)(F)F)cc3)c2)cc1C. The Kier molecular flexibility index (Phi) is 6.22. The fraction of sp³-hybridized carbons (Fsp3) is 0.190. The minimum absolute atomic E-state index is 0.456. The van der Waals surface area contributed by atoms with Gasteiger partial charge in [-0.15, -0.1) is 11.8 Å². The number of carbonyl (C=O) groups is 1. The van der Waals surface area contributed by atoms with Crippen LogP contribution in [0.15, 0.2) is 64.1 Å². The van der Waals surface area contributed by atoms with E-state index in [4.69, 9.17) is 9.30 Å². The van der Waals surface area contributed by atoms with E-state index in [2.05, 4.69) is 4.89 Å². The summed E-state index contributed by atoms with van der Waals surface area (Å²) in [7, 11) is 0. The molecule has 0 aliphatic rings. The zero-order chi connectivity index (χ0) is 21.0. The average Bonchev–Trinajstić information content (AvgIpc) is 3.14. The maximum Gasteiger partial charge on any atom is 0.416 e. The second kappa shape index (κ2) is 8.65. The van der Waals surface area contributed by atoms with Crippen LogP contribution in [0.2, 0.25) is 0 Å². The molecular formula is C21H17F3O4S. The lowest BCUT2D eigenvalue weighted by molar-refractivity contribution is -0.211. The Labute approximate surface area is 169 Å². The Balaban J connectivity index is 1.62. The molecule has 152 valence electrons. The van der Waals surface area contributed by atoms with Crippen molar-refractivity contribution in [3.63, 3.8) is 0 Å². The van der Waals surface area contributed by atoms with Crippen molar-refractivity contribution in [1.29, 1.82) is 0 Å². The van der Waals surface area contributed by atoms with Crippen molar-refractivity contribution >= 4 is 17.7 Å². The Bertz CT molecular complexity index is 994. The first kappa shape index (κ1) is 20.9. The highest BCUT2D eigenvalue weighted by Crippen LogP contribution is 2.33. The number of alkyl halides is 3. The van der Waals surface area contributed by atoms with Crippen LogP contribution in [0.1, 0.15) is 23.6 Å². The van der Waals surface area contributed by atoms with Crippen LogP contribution in [0, 0.1) is 6.92 Å². The Hall–Kier alpha value is -2.87. The van der Waals surface area contributed by atoms with Crippen molar-refractivity contribution in [3.05, 3.63) is 71.5 Å². The van der Waals surface area contributed by atoms with E-state index in [1.165, 1.54) is 19.1 Å². The number of benzene rings is 2. The number of carbonyl (C=O) groups excluding carboxylic acids is 1. The molecule has 1 heterocycles. The smallest absolute Gasteiger partial charge is 0.416 e. The van der Waals surface area contributed by atoms with Crippen molar-refractivity contribution in [2.45, 2.75) is 30.7 Å². The van der Waals surface area contributed by atoms with Gasteiger partial charge in [0.1, 0.15) is 5.76 Å². The van der Waals surface area contributed by atoms with Gasteiger partial charge in [0.2, 0.25) is 0 Å². The van der Waals surface area contributed by atoms with Crippen molar-refractivity contribution in [3.8, 4) is 17.1 Å². The van der Waals surface area contributed by atoms with Crippen LogP contribution in [0.25, 0.3) is 11.3 Å². The first-order valence-corrected chi connectivity index (χ1v) is 9.54. The average molecular weight is 422 g/mol. The molecule has 3 rings (SSSR count). The highest BCUT2D eigenvalue weighted by atomic mass is 32.2. The quantitative estimate of drug-likeness (QED) is 0.261. The summed E-state index contributed by atoms with van der Waals surface area (Å²) < 4.78 is 43.5. The molecule has 0 bridgehead atoms. The summed E-state index contributed by atoms with van der Waals surface area (Å²) in [6.07, 6.45) is -2.77. The zero-order valence-corrected chi connectivity index (χ0v) is 16.4. The van der Waals surface area contributed by atoms with Gasteiger partial charge in [0.25, 0.3) is 0 Å². The molecule has 1 aromatic heterocycles. The van der Waals surface area contributed by atoms with E-state index in [-0.39, 0.29) is 0 Å². The normalized spacial score (nSPS) is 11.3. The number of thioether (sulfide) groups is 1. The van der Waals surface area contributed by atoms with E-state index < -0.39 is 17.7 Å². The van der Waals surface area contributed by atoms with Crippen molar-refractivity contribution in [1.82, 2.24) is 0 Å². The number of hydrogen-bond donors (Lipinski definition) is 0. The molecule has 0 spiro atoms. The third-order valence-electron chi connectivity index (χ3n) is 3.95. The molecular weight excluding hydrogens is 405 g/mol. The molecule has 0 atom stereocenters. The summed E-state index contributed by atoms with van der Waals surface area (Å²) in [5.41, 5.74) is 1.61. The molecule has 0 aliphatic heterocycles. The van der Waals surface area contributed by atoms with Crippen LogP contribution in [0.4, 0.5) is 13.2 Å². The molecule has 0 saturated heterocycles. The Morgan fingerprint density at radius 2 is 1.83 bits per heavy atom. The van der Waals surface area contributed by atoms with Gasteiger partial charge in [-0.1, -0.05) is 12.1 Å². The van der Waals surface area contributed by atoms with Gasteiger partial charge in [-0.25, -0.2) is 4.79 Å². The third kappa shape index (κ3) is 5.57. The molecule has 4 nitrogen and oxygen atoms in total. The van der Waals surface area contributed by atoms with Gasteiger partial charge in [0.15, 0.2) is 5.75 Å². The number of halogens is 3. The van der Waals surface area contributed by atoms with Gasteiger partial charge in [-0.3, -0.25) is 9.78 Å². The second-order valence-electron chi connectivity index (χ2n) is 6.27. The fourth-order valence-electron chi connectivity index (χ4n) is 2.50. The van der Waals surface area contributed by atoms with E-state index in [1.807, 2.05) is 19.1 Å². The van der Waals surface area contributed by atoms with Crippen LogP contribution in [0.5, 0.6) is 5.75 Å². The van der Waals surface area contributed by atoms with E-state index in [0.717, 1.165) is 28.2 Å². The summed E-state index contributed by atoms with van der Waals surface area (Å²) in [4.78, 5) is 21.3. The molecule has 0 unspecified atom stereocenters. The van der Waals surface area contributed by atoms with Crippen LogP contribution in [-0.2, 0) is 21.6 Å². The van der Waals surface area contributed by atoms with Gasteiger partial charge < -0.3 is 4.42 Å². The van der Waals surface area contributed by atoms with Crippen LogP contribution >= 0.6 is 11.8 Å². The number of hydrogen-bond acceptors (Lipinski definition) is 5. The highest BCUT2D eigenvalue weighted by molar-refractivity contribution is 7.98. The summed E-state index contributed by atoms with van der Waals surface area (Å²) in [5.74, 6) is 1.05. The Morgan fingerprint density at radius 3 is 2.45 bits per heavy atom. The standard InChI is InChI=1S/C21H17F3O4S/c1-13-9-18(7-8-19(13)28-27-14(2)25)29-12-15-10-20(26-11-15)16-3-5-17(6-4-16)21(22,23)24/h3-11H,12H2,1-2H3.